The average molecular weight is 760 g/mol. The van der Waals surface area contributed by atoms with Crippen molar-refractivity contribution in [2.75, 3.05) is 18.9 Å². The van der Waals surface area contributed by atoms with Gasteiger partial charge in [-0.15, -0.1) is 0 Å². The minimum absolute atomic E-state index is 0.00812. The van der Waals surface area contributed by atoms with Gasteiger partial charge in [-0.25, -0.2) is 28.6 Å². The molecule has 0 saturated carbocycles. The second-order valence-corrected chi connectivity index (χ2v) is 14.7. The van der Waals surface area contributed by atoms with Gasteiger partial charge in [0.1, 0.15) is 47.9 Å². The number of pyridine rings is 1. The molecule has 3 aromatic rings. The van der Waals surface area contributed by atoms with Crippen molar-refractivity contribution in [1.29, 1.82) is 0 Å². The number of hydrogen-bond acceptors (Lipinski definition) is 18. The largest absolute Gasteiger partial charge is 0.503 e. The summed E-state index contributed by atoms with van der Waals surface area (Å²) < 4.78 is 68.0. The van der Waals surface area contributed by atoms with Crippen molar-refractivity contribution >= 4 is 46.4 Å². The van der Waals surface area contributed by atoms with Gasteiger partial charge in [-0.3, -0.25) is 22.9 Å². The summed E-state index contributed by atoms with van der Waals surface area (Å²) in [6, 6.07) is 1.02. The second-order valence-electron chi connectivity index (χ2n) is 10.5. The first-order valence-corrected chi connectivity index (χ1v) is 18.0. The summed E-state index contributed by atoms with van der Waals surface area (Å²) >= 11 is 0. The van der Waals surface area contributed by atoms with Crippen molar-refractivity contribution in [3.05, 3.63) is 36.7 Å². The van der Waals surface area contributed by atoms with Crippen LogP contribution in [0.15, 0.2) is 31.1 Å². The molecule has 0 spiro atoms. The Morgan fingerprint density at radius 1 is 0.939 bits per heavy atom. The number of imidazole rings is 1. The van der Waals surface area contributed by atoms with Gasteiger partial charge in [0.05, 0.1) is 19.5 Å². The Morgan fingerprint density at radius 2 is 1.57 bits per heavy atom. The number of carbonyl (C=O) groups is 1. The van der Waals surface area contributed by atoms with E-state index in [1.165, 1.54) is 0 Å². The maximum atomic E-state index is 12.6. The van der Waals surface area contributed by atoms with Crippen LogP contribution in [0.5, 0.6) is 5.75 Å². The number of carbonyl (C=O) groups excluding carboxylic acids is 1. The van der Waals surface area contributed by atoms with E-state index in [1.54, 1.807) is 0 Å². The first-order valence-electron chi connectivity index (χ1n) is 13.5. The van der Waals surface area contributed by atoms with Crippen molar-refractivity contribution in [2.45, 2.75) is 49.1 Å². The van der Waals surface area contributed by atoms with Crippen LogP contribution in [0.4, 0.5) is 5.82 Å². The predicted octanol–water partition coefficient (Wildman–Crippen LogP) is -3.19. The molecular formula is C21H29N7O18P3+. The molecule has 49 heavy (non-hydrogen) atoms. The minimum Gasteiger partial charge on any atom is -0.503 e. The third kappa shape index (κ3) is 8.46. The van der Waals surface area contributed by atoms with Gasteiger partial charge in [-0.1, -0.05) is 0 Å². The van der Waals surface area contributed by atoms with Gasteiger partial charge in [0, 0.05) is 6.07 Å². The third-order valence-corrected chi connectivity index (χ3v) is 10.2. The number of nitrogen functional groups attached to an aromatic ring is 1. The van der Waals surface area contributed by atoms with Crippen molar-refractivity contribution in [2.24, 2.45) is 5.73 Å². The lowest BCUT2D eigenvalue weighted by atomic mass is 10.1. The minimum atomic E-state index is -5.56. The molecule has 1 amide bonds. The molecule has 0 radical (unpaired) electrons. The molecular weight excluding hydrogens is 731 g/mol. The molecule has 2 saturated heterocycles. The zero-order valence-electron chi connectivity index (χ0n) is 24.3. The van der Waals surface area contributed by atoms with Gasteiger partial charge in [-0.2, -0.15) is 8.88 Å². The highest BCUT2D eigenvalue weighted by Gasteiger charge is 2.51. The summed E-state index contributed by atoms with van der Waals surface area (Å²) in [7, 11) is -16.4. The summed E-state index contributed by atoms with van der Waals surface area (Å²) in [5, 5.41) is 41.4. The number of nitrogens with zero attached hydrogens (tertiary/aromatic N) is 5. The van der Waals surface area contributed by atoms with E-state index in [1.807, 2.05) is 0 Å². The first kappa shape index (κ1) is 37.2. The highest BCUT2D eigenvalue weighted by atomic mass is 31.3. The second kappa shape index (κ2) is 13.9. The molecule has 3 aromatic heterocycles. The van der Waals surface area contributed by atoms with E-state index in [-0.39, 0.29) is 22.5 Å². The Labute approximate surface area is 272 Å². The number of nitrogens with two attached hydrogens (primary N) is 2. The smallest absolute Gasteiger partial charge is 0.481 e. The number of phosphoric acid groups is 3. The Morgan fingerprint density at radius 3 is 2.18 bits per heavy atom. The average Bonchev–Trinajstić information content (AvgIpc) is 3.64. The van der Waals surface area contributed by atoms with Crippen LogP contribution in [0.2, 0.25) is 0 Å². The summed E-state index contributed by atoms with van der Waals surface area (Å²) in [6.07, 6.45) is -9.42. The first-order chi connectivity index (χ1) is 22.7. The molecule has 0 bridgehead atoms. The zero-order valence-corrected chi connectivity index (χ0v) is 27.0. The van der Waals surface area contributed by atoms with Gasteiger partial charge < -0.3 is 60.9 Å². The van der Waals surface area contributed by atoms with Crippen molar-refractivity contribution in [1.82, 2.24) is 19.5 Å². The number of rotatable bonds is 13. The quantitative estimate of drug-likeness (QED) is 0.0606. The fraction of sp³-hybridized carbons (Fsp3) is 0.476. The van der Waals surface area contributed by atoms with E-state index >= 15 is 0 Å². The van der Waals surface area contributed by atoms with Gasteiger partial charge in [0.2, 0.25) is 6.20 Å². The van der Waals surface area contributed by atoms with Gasteiger partial charge in [-0.05, 0) is 0 Å². The van der Waals surface area contributed by atoms with Crippen LogP contribution in [-0.4, -0.2) is 115 Å². The number of aromatic nitrogens is 5. The number of aromatic hydroxyl groups is 1. The molecule has 270 valence electrons. The molecule has 10 atom stereocenters. The fourth-order valence-electron chi connectivity index (χ4n) is 4.90. The van der Waals surface area contributed by atoms with Gasteiger partial charge in [0.15, 0.2) is 35.7 Å². The van der Waals surface area contributed by atoms with Crippen LogP contribution in [0.25, 0.3) is 11.2 Å². The van der Waals surface area contributed by atoms with E-state index in [4.69, 9.17) is 20.9 Å². The number of ether oxygens (including phenoxy) is 2. The standard InChI is InChI=1S/C21H28N7O18P3/c22-17-12-19(25-6-24-17)28(7-26-12)21-16(45-47(34,35)36)14(31)11(44-21)5-42-49(39,40)46-48(37,38)41-4-10-13(30)15(32)20(43-10)27-2-8(18(23)33)1-9(29)3-27/h1-3,6-7,10-11,13-16,20-21,30-32H,4-5H2,(H8-,22,23,24,25,29,33,34,35,36,37,38,39,40)/p+1/t10-,11-,13-,14-,15-,16-,20-,21-/m1/s1. The molecule has 5 heterocycles. The Balaban J connectivity index is 1.21. The lowest BCUT2D eigenvalue weighted by Gasteiger charge is -2.22. The highest BCUT2D eigenvalue weighted by molar-refractivity contribution is 7.61. The van der Waals surface area contributed by atoms with Crippen molar-refractivity contribution in [3.63, 3.8) is 0 Å². The molecule has 28 heteroatoms. The monoisotopic (exact) mass is 760 g/mol. The third-order valence-electron chi connectivity index (χ3n) is 7.03. The van der Waals surface area contributed by atoms with E-state index < -0.39 is 97.4 Å². The molecule has 0 aliphatic carbocycles. The number of amides is 1. The molecule has 2 fully saturated rings. The van der Waals surface area contributed by atoms with E-state index in [9.17, 15) is 58.5 Å². The Kier molecular flexibility index (Phi) is 10.6. The van der Waals surface area contributed by atoms with Crippen molar-refractivity contribution < 1.29 is 90.4 Å². The zero-order chi connectivity index (χ0) is 36.1. The van der Waals surface area contributed by atoms with Crippen LogP contribution >= 0.6 is 23.5 Å². The topological polar surface area (TPSA) is 385 Å². The number of aliphatic hydroxyl groups is 3. The maximum absolute atomic E-state index is 12.6. The Bertz CT molecular complexity index is 1860. The maximum Gasteiger partial charge on any atom is 0.481 e. The molecule has 5 rings (SSSR count). The van der Waals surface area contributed by atoms with Crippen LogP contribution in [0.3, 0.4) is 0 Å². The summed E-state index contributed by atoms with van der Waals surface area (Å²) in [6.45, 7) is -2.12. The van der Waals surface area contributed by atoms with Gasteiger partial charge >= 0.3 is 23.5 Å². The lowest BCUT2D eigenvalue weighted by molar-refractivity contribution is -0.766. The number of phosphoric ester groups is 3. The van der Waals surface area contributed by atoms with Crippen LogP contribution in [0, 0.1) is 0 Å². The molecule has 2 aliphatic heterocycles. The number of anilines is 1. The molecule has 0 aromatic carbocycles. The number of hydrogen-bond donors (Lipinski definition) is 10. The molecule has 25 nitrogen and oxygen atoms in total. The van der Waals surface area contributed by atoms with Crippen LogP contribution in [-0.2, 0) is 41.1 Å². The van der Waals surface area contributed by atoms with Crippen LogP contribution < -0.4 is 16.0 Å². The Hall–Kier alpha value is -3.06. The highest BCUT2D eigenvalue weighted by Crippen LogP contribution is 2.61. The molecule has 2 aliphatic rings. The van der Waals surface area contributed by atoms with Gasteiger partial charge in [0.25, 0.3) is 12.1 Å². The predicted molar refractivity (Wildman–Crippen MR) is 152 cm³/mol. The van der Waals surface area contributed by atoms with E-state index in [0.717, 1.165) is 40.2 Å². The number of aliphatic hydroxyl groups excluding tert-OH is 3. The fourth-order valence-corrected chi connectivity index (χ4v) is 7.54. The summed E-state index contributed by atoms with van der Waals surface area (Å²) in [5.74, 6) is -1.47. The number of fused-ring (bicyclic) bond motifs is 1. The van der Waals surface area contributed by atoms with Crippen LogP contribution in [0.1, 0.15) is 22.8 Å². The summed E-state index contributed by atoms with van der Waals surface area (Å²) in [5.41, 5.74) is 10.8. The lowest BCUT2D eigenvalue weighted by Crippen LogP contribution is -2.46. The SMILES string of the molecule is NC(=O)c1cc(O)c[n+]([C@@H]2O[C@H](COP(=O)(O)OP(=O)(O)OC[C@H]3O[C@@H](n4cnc5c(N)ncnc54)[C@H](OP(=O)(O)O)[C@@H]3O)[C@@H](O)[C@H]2O)c1. The van der Waals surface area contributed by atoms with E-state index in [0.29, 0.717) is 0 Å². The normalized spacial score (nSPS) is 29.9. The van der Waals surface area contributed by atoms with E-state index in [2.05, 4.69) is 32.8 Å². The molecule has 12 N–H and O–H groups in total. The summed E-state index contributed by atoms with van der Waals surface area (Å²) in [4.78, 5) is 62.2. The molecule has 2 unspecified atom stereocenters. The number of primary amides is 1. The van der Waals surface area contributed by atoms with Crippen molar-refractivity contribution in [3.8, 4) is 5.75 Å².